The molecule has 0 bridgehead atoms. The smallest absolute Gasteiger partial charge is 0.225 e. The van der Waals surface area contributed by atoms with Crippen molar-refractivity contribution in [2.45, 2.75) is 50.2 Å². The van der Waals surface area contributed by atoms with Crippen molar-refractivity contribution >= 4 is 5.91 Å². The number of piperidine rings is 1. The number of amides is 1. The van der Waals surface area contributed by atoms with Gasteiger partial charge in [-0.15, -0.1) is 0 Å². The molecule has 3 aliphatic rings. The molecule has 18 heavy (non-hydrogen) atoms. The minimum absolute atomic E-state index is 0.127. The van der Waals surface area contributed by atoms with Crippen LogP contribution in [0, 0.1) is 5.92 Å². The Hall–Kier alpha value is -0.610. The van der Waals surface area contributed by atoms with Crippen LogP contribution in [0.5, 0.6) is 0 Å². The number of likely N-dealkylation sites (tertiary alicyclic amines) is 1. The summed E-state index contributed by atoms with van der Waals surface area (Å²) in [6.45, 7) is 2.98. The molecular formula is C14H24N2O2. The van der Waals surface area contributed by atoms with E-state index in [1.54, 1.807) is 7.11 Å². The second-order valence-corrected chi connectivity index (χ2v) is 6.18. The number of hydrogen-bond acceptors (Lipinski definition) is 3. The molecule has 1 N–H and O–H groups in total. The number of nitrogens with zero attached hydrogens (tertiary/aromatic N) is 1. The van der Waals surface area contributed by atoms with Gasteiger partial charge in [0, 0.05) is 26.2 Å². The van der Waals surface area contributed by atoms with E-state index in [0.29, 0.717) is 24.3 Å². The third kappa shape index (κ3) is 2.16. The zero-order chi connectivity index (χ0) is 12.6. The maximum atomic E-state index is 12.4. The molecule has 3 fully saturated rings. The van der Waals surface area contributed by atoms with Crippen molar-refractivity contribution in [3.05, 3.63) is 0 Å². The van der Waals surface area contributed by atoms with Gasteiger partial charge in [0.1, 0.15) is 0 Å². The number of carbonyl (C=O) groups is 1. The summed E-state index contributed by atoms with van der Waals surface area (Å²) in [4.78, 5) is 14.4. The van der Waals surface area contributed by atoms with Gasteiger partial charge in [0.25, 0.3) is 0 Å². The van der Waals surface area contributed by atoms with Gasteiger partial charge in [0.05, 0.1) is 12.0 Å². The zero-order valence-electron chi connectivity index (χ0n) is 11.3. The van der Waals surface area contributed by atoms with E-state index in [1.165, 1.54) is 19.3 Å². The van der Waals surface area contributed by atoms with Crippen LogP contribution in [0.1, 0.15) is 38.5 Å². The monoisotopic (exact) mass is 252 g/mol. The van der Waals surface area contributed by atoms with Gasteiger partial charge in [0.2, 0.25) is 5.91 Å². The first-order valence-corrected chi connectivity index (χ1v) is 7.29. The van der Waals surface area contributed by atoms with E-state index < -0.39 is 0 Å². The molecule has 0 aromatic rings. The lowest BCUT2D eigenvalue weighted by Gasteiger charge is -2.40. The molecule has 1 aliphatic carbocycles. The van der Waals surface area contributed by atoms with Gasteiger partial charge in [-0.1, -0.05) is 0 Å². The van der Waals surface area contributed by atoms with Crippen LogP contribution in [0.4, 0.5) is 0 Å². The molecule has 1 amide bonds. The van der Waals surface area contributed by atoms with Crippen molar-refractivity contribution in [1.82, 2.24) is 10.2 Å². The molecule has 1 saturated carbocycles. The number of rotatable bonds is 3. The van der Waals surface area contributed by atoms with Gasteiger partial charge in [-0.25, -0.2) is 0 Å². The predicted octanol–water partition coefficient (Wildman–Crippen LogP) is 1.16. The quantitative estimate of drug-likeness (QED) is 0.819. The van der Waals surface area contributed by atoms with Crippen LogP contribution < -0.4 is 5.32 Å². The van der Waals surface area contributed by atoms with E-state index in [0.717, 1.165) is 32.5 Å². The highest BCUT2D eigenvalue weighted by molar-refractivity contribution is 5.78. The second kappa shape index (κ2) is 4.82. The Morgan fingerprint density at radius 1 is 1.39 bits per heavy atom. The van der Waals surface area contributed by atoms with Gasteiger partial charge >= 0.3 is 0 Å². The van der Waals surface area contributed by atoms with E-state index in [9.17, 15) is 4.79 Å². The number of methoxy groups -OCH3 is 1. The summed E-state index contributed by atoms with van der Waals surface area (Å²) in [5, 5.41) is 3.55. The second-order valence-electron chi connectivity index (χ2n) is 6.18. The van der Waals surface area contributed by atoms with Crippen LogP contribution >= 0.6 is 0 Å². The van der Waals surface area contributed by atoms with Crippen molar-refractivity contribution in [2.24, 2.45) is 5.92 Å². The molecule has 0 spiro atoms. The van der Waals surface area contributed by atoms with E-state index in [1.807, 2.05) is 0 Å². The fraction of sp³-hybridized carbons (Fsp3) is 0.929. The molecule has 2 saturated heterocycles. The lowest BCUT2D eigenvalue weighted by molar-refractivity contribution is -0.143. The Balaban J connectivity index is 1.57. The Labute approximate surface area is 109 Å². The van der Waals surface area contributed by atoms with Crippen molar-refractivity contribution in [3.8, 4) is 0 Å². The largest absolute Gasteiger partial charge is 0.378 e. The highest BCUT2D eigenvalue weighted by Crippen LogP contribution is 2.39. The molecule has 0 radical (unpaired) electrons. The van der Waals surface area contributed by atoms with Gasteiger partial charge in [-0.2, -0.15) is 0 Å². The third-order valence-corrected chi connectivity index (χ3v) is 5.12. The fourth-order valence-electron chi connectivity index (χ4n) is 3.66. The van der Waals surface area contributed by atoms with E-state index in [-0.39, 0.29) is 5.60 Å². The lowest BCUT2D eigenvalue weighted by Crippen LogP contribution is -2.45. The number of hydrogen-bond donors (Lipinski definition) is 1. The molecular weight excluding hydrogens is 228 g/mol. The maximum absolute atomic E-state index is 12.4. The van der Waals surface area contributed by atoms with Crippen LogP contribution in [0.2, 0.25) is 0 Å². The highest BCUT2D eigenvalue weighted by atomic mass is 16.5. The van der Waals surface area contributed by atoms with Gasteiger partial charge in [0.15, 0.2) is 0 Å². The first kappa shape index (κ1) is 12.4. The van der Waals surface area contributed by atoms with E-state index in [4.69, 9.17) is 4.74 Å². The molecule has 0 aromatic carbocycles. The Morgan fingerprint density at radius 2 is 2.22 bits per heavy atom. The SMILES string of the molecule is COC1(CC(=O)N2C[C@@H]3CCCN[C@@H]3C2)CCC1. The summed E-state index contributed by atoms with van der Waals surface area (Å²) < 4.78 is 5.56. The summed E-state index contributed by atoms with van der Waals surface area (Å²) in [5.41, 5.74) is -0.127. The number of ether oxygens (including phenoxy) is 1. The molecule has 102 valence electrons. The average Bonchev–Trinajstić information content (AvgIpc) is 2.77. The van der Waals surface area contributed by atoms with Gasteiger partial charge in [-0.3, -0.25) is 4.79 Å². The first-order valence-electron chi connectivity index (χ1n) is 7.29. The number of nitrogens with one attached hydrogen (secondary N) is 1. The van der Waals surface area contributed by atoms with Gasteiger partial charge in [-0.05, 0) is 44.6 Å². The summed E-state index contributed by atoms with van der Waals surface area (Å²) in [6.07, 6.45) is 6.42. The Bertz CT molecular complexity index is 308. The summed E-state index contributed by atoms with van der Waals surface area (Å²) >= 11 is 0. The topological polar surface area (TPSA) is 41.6 Å². The normalized spacial score (nSPS) is 33.9. The number of fused-ring (bicyclic) bond motifs is 1. The highest BCUT2D eigenvalue weighted by Gasteiger charge is 2.42. The molecule has 3 rings (SSSR count). The minimum Gasteiger partial charge on any atom is -0.378 e. The molecule has 2 atom stereocenters. The zero-order valence-corrected chi connectivity index (χ0v) is 11.3. The Morgan fingerprint density at radius 3 is 2.83 bits per heavy atom. The molecule has 0 aromatic heterocycles. The average molecular weight is 252 g/mol. The predicted molar refractivity (Wildman–Crippen MR) is 69.3 cm³/mol. The Kier molecular flexibility index (Phi) is 3.32. The summed E-state index contributed by atoms with van der Waals surface area (Å²) in [7, 11) is 1.75. The van der Waals surface area contributed by atoms with Crippen LogP contribution in [-0.4, -0.2) is 49.2 Å². The molecule has 0 unspecified atom stereocenters. The van der Waals surface area contributed by atoms with Crippen LogP contribution in [0.3, 0.4) is 0 Å². The third-order valence-electron chi connectivity index (χ3n) is 5.12. The van der Waals surface area contributed by atoms with Crippen molar-refractivity contribution in [2.75, 3.05) is 26.7 Å². The molecule has 4 heteroatoms. The lowest BCUT2D eigenvalue weighted by atomic mass is 9.77. The molecule has 2 aliphatic heterocycles. The van der Waals surface area contributed by atoms with Crippen molar-refractivity contribution in [1.29, 1.82) is 0 Å². The van der Waals surface area contributed by atoms with Crippen molar-refractivity contribution < 1.29 is 9.53 Å². The fourth-order valence-corrected chi connectivity index (χ4v) is 3.66. The van der Waals surface area contributed by atoms with Crippen molar-refractivity contribution in [3.63, 3.8) is 0 Å². The van der Waals surface area contributed by atoms with Crippen LogP contribution in [0.15, 0.2) is 0 Å². The number of carbonyl (C=O) groups excluding carboxylic acids is 1. The first-order chi connectivity index (χ1) is 8.72. The molecule has 4 nitrogen and oxygen atoms in total. The van der Waals surface area contributed by atoms with Crippen LogP contribution in [-0.2, 0) is 9.53 Å². The standard InChI is InChI=1S/C14H24N2O2/c1-18-14(5-3-6-14)8-13(17)16-9-11-4-2-7-15-12(11)10-16/h11-12,15H,2-10H2,1H3/t11-,12+/m0/s1. The molecule has 2 heterocycles. The van der Waals surface area contributed by atoms with E-state index in [2.05, 4.69) is 10.2 Å². The summed E-state index contributed by atoms with van der Waals surface area (Å²) in [6, 6.07) is 0.544. The van der Waals surface area contributed by atoms with Crippen LogP contribution in [0.25, 0.3) is 0 Å². The van der Waals surface area contributed by atoms with E-state index >= 15 is 0 Å². The maximum Gasteiger partial charge on any atom is 0.225 e. The van der Waals surface area contributed by atoms with Gasteiger partial charge < -0.3 is 15.0 Å². The minimum atomic E-state index is -0.127. The summed E-state index contributed by atoms with van der Waals surface area (Å²) in [5.74, 6) is 0.982.